The van der Waals surface area contributed by atoms with E-state index in [2.05, 4.69) is 40.2 Å². The Morgan fingerprint density at radius 2 is 1.90 bits per heavy atom. The first kappa shape index (κ1) is 18.1. The molecule has 3 aromatic rings. The Morgan fingerprint density at radius 3 is 2.76 bits per heavy atom. The molecule has 2 aromatic carbocycles. The summed E-state index contributed by atoms with van der Waals surface area (Å²) in [6.07, 6.45) is 2.05. The van der Waals surface area contributed by atoms with Crippen molar-refractivity contribution in [3.8, 4) is 11.8 Å². The van der Waals surface area contributed by atoms with E-state index in [9.17, 15) is 5.26 Å². The highest BCUT2D eigenvalue weighted by Crippen LogP contribution is 2.38. The number of para-hydroxylation sites is 1. The molecule has 1 fully saturated rings. The summed E-state index contributed by atoms with van der Waals surface area (Å²) in [4.78, 5) is 7.04. The van der Waals surface area contributed by atoms with E-state index in [1.807, 2.05) is 24.3 Å². The number of rotatable bonds is 3. The van der Waals surface area contributed by atoms with Crippen molar-refractivity contribution >= 4 is 10.9 Å². The molecule has 29 heavy (non-hydrogen) atoms. The third kappa shape index (κ3) is 3.46. The van der Waals surface area contributed by atoms with Gasteiger partial charge in [-0.25, -0.2) is 4.98 Å². The van der Waals surface area contributed by atoms with Gasteiger partial charge in [0.05, 0.1) is 19.3 Å². The zero-order valence-corrected chi connectivity index (χ0v) is 16.3. The van der Waals surface area contributed by atoms with E-state index in [1.54, 1.807) is 6.07 Å². The summed E-state index contributed by atoms with van der Waals surface area (Å²) in [5.41, 5.74) is 3.76. The van der Waals surface area contributed by atoms with Crippen LogP contribution >= 0.6 is 0 Å². The van der Waals surface area contributed by atoms with Crippen LogP contribution in [0.1, 0.15) is 29.3 Å². The molecule has 0 amide bonds. The summed E-state index contributed by atoms with van der Waals surface area (Å²) in [7, 11) is 0. The molecule has 0 saturated carbocycles. The molecule has 1 aliphatic carbocycles. The van der Waals surface area contributed by atoms with Crippen molar-refractivity contribution in [3.05, 3.63) is 71.4 Å². The van der Waals surface area contributed by atoms with E-state index in [4.69, 9.17) is 9.47 Å². The monoisotopic (exact) mass is 385 g/mol. The van der Waals surface area contributed by atoms with Crippen LogP contribution in [-0.4, -0.2) is 42.2 Å². The highest BCUT2D eigenvalue weighted by Gasteiger charge is 2.36. The number of ether oxygens (including phenoxy) is 2. The van der Waals surface area contributed by atoms with Gasteiger partial charge in [-0.1, -0.05) is 36.4 Å². The van der Waals surface area contributed by atoms with Crippen LogP contribution in [0.15, 0.2) is 54.6 Å². The van der Waals surface area contributed by atoms with Gasteiger partial charge >= 0.3 is 0 Å². The second-order valence-corrected chi connectivity index (χ2v) is 7.63. The normalized spacial score (nSPS) is 22.0. The van der Waals surface area contributed by atoms with Crippen LogP contribution in [0.2, 0.25) is 0 Å². The van der Waals surface area contributed by atoms with Gasteiger partial charge in [-0.15, -0.1) is 0 Å². The summed E-state index contributed by atoms with van der Waals surface area (Å²) in [5, 5.41) is 10.3. The van der Waals surface area contributed by atoms with Crippen LogP contribution in [0.25, 0.3) is 10.9 Å². The first-order valence-corrected chi connectivity index (χ1v) is 10.2. The van der Waals surface area contributed by atoms with Gasteiger partial charge in [0.2, 0.25) is 0 Å². The molecular formula is C24H23N3O2. The van der Waals surface area contributed by atoms with Crippen LogP contribution in [-0.2, 0) is 11.2 Å². The Bertz CT molecular complexity index is 1070. The molecule has 0 unspecified atom stereocenters. The van der Waals surface area contributed by atoms with Gasteiger partial charge in [0, 0.05) is 18.5 Å². The van der Waals surface area contributed by atoms with Crippen molar-refractivity contribution in [3.63, 3.8) is 0 Å². The minimum absolute atomic E-state index is 0.0730. The molecule has 1 aliphatic heterocycles. The molecule has 5 rings (SSSR count). The van der Waals surface area contributed by atoms with E-state index in [0.717, 1.165) is 55.8 Å². The number of benzene rings is 2. The van der Waals surface area contributed by atoms with Gasteiger partial charge < -0.3 is 9.47 Å². The van der Waals surface area contributed by atoms with Crippen molar-refractivity contribution in [1.82, 2.24) is 9.88 Å². The zero-order valence-electron chi connectivity index (χ0n) is 16.3. The topological polar surface area (TPSA) is 58.4 Å². The molecule has 2 aliphatic rings. The smallest absolute Gasteiger partial charge is 0.146 e. The van der Waals surface area contributed by atoms with E-state index in [1.165, 1.54) is 11.1 Å². The molecule has 0 N–H and O–H groups in total. The molecule has 146 valence electrons. The van der Waals surface area contributed by atoms with Crippen LogP contribution in [0.3, 0.4) is 0 Å². The number of aromatic nitrogens is 1. The van der Waals surface area contributed by atoms with Gasteiger partial charge in [0.25, 0.3) is 0 Å². The van der Waals surface area contributed by atoms with Gasteiger partial charge in [-0.2, -0.15) is 5.26 Å². The Hall–Kier alpha value is -2.94. The maximum atomic E-state index is 9.28. The van der Waals surface area contributed by atoms with E-state index < -0.39 is 0 Å². The standard InChI is InChI=1S/C24H23N3O2/c25-16-19-10-8-18-5-3-7-22(23(18)26-19)29-24-20-6-2-1-4-17(20)9-11-21(24)27-12-14-28-15-13-27/h1-8,10,21,24H,9,11-15H2/t21-,24-/m0/s1. The Morgan fingerprint density at radius 1 is 1.03 bits per heavy atom. The van der Waals surface area contributed by atoms with Crippen molar-refractivity contribution in [2.45, 2.75) is 25.0 Å². The Balaban J connectivity index is 1.56. The van der Waals surface area contributed by atoms with Crippen LogP contribution in [0.4, 0.5) is 0 Å². The summed E-state index contributed by atoms with van der Waals surface area (Å²) < 4.78 is 12.3. The maximum Gasteiger partial charge on any atom is 0.146 e. The molecule has 0 bridgehead atoms. The fourth-order valence-electron chi connectivity index (χ4n) is 4.54. The molecule has 5 nitrogen and oxygen atoms in total. The summed E-state index contributed by atoms with van der Waals surface area (Å²) in [6, 6.07) is 20.7. The SMILES string of the molecule is N#Cc1ccc2cccc(O[C@H]3c4ccccc4CC[C@@H]3N3CCOCC3)c2n1. The molecule has 1 aromatic heterocycles. The van der Waals surface area contributed by atoms with Crippen molar-refractivity contribution < 1.29 is 9.47 Å². The number of pyridine rings is 1. The molecule has 0 radical (unpaired) electrons. The van der Waals surface area contributed by atoms with Crippen LogP contribution in [0.5, 0.6) is 5.75 Å². The predicted octanol–water partition coefficient (Wildman–Crippen LogP) is 3.87. The van der Waals surface area contributed by atoms with Gasteiger partial charge in [0.1, 0.15) is 29.1 Å². The number of morpholine rings is 1. The average Bonchev–Trinajstić information content (AvgIpc) is 2.80. The van der Waals surface area contributed by atoms with Crippen LogP contribution in [0, 0.1) is 11.3 Å². The molecule has 5 heteroatoms. The number of hydrogen-bond acceptors (Lipinski definition) is 5. The lowest BCUT2D eigenvalue weighted by Crippen LogP contribution is -2.49. The minimum Gasteiger partial charge on any atom is -0.482 e. The lowest BCUT2D eigenvalue weighted by atomic mass is 9.84. The Labute approximate surface area is 170 Å². The van der Waals surface area contributed by atoms with Gasteiger partial charge in [-0.05, 0) is 42.2 Å². The highest BCUT2D eigenvalue weighted by atomic mass is 16.5. The molecule has 2 heterocycles. The van der Waals surface area contributed by atoms with E-state index in [-0.39, 0.29) is 6.10 Å². The average molecular weight is 385 g/mol. The zero-order chi connectivity index (χ0) is 19.6. The summed E-state index contributed by atoms with van der Waals surface area (Å²) in [6.45, 7) is 3.40. The van der Waals surface area contributed by atoms with Crippen molar-refractivity contribution in [2.75, 3.05) is 26.3 Å². The van der Waals surface area contributed by atoms with Crippen molar-refractivity contribution in [2.24, 2.45) is 0 Å². The number of fused-ring (bicyclic) bond motifs is 2. The molecule has 2 atom stereocenters. The third-order valence-corrected chi connectivity index (χ3v) is 5.99. The molecule has 0 spiro atoms. The van der Waals surface area contributed by atoms with E-state index in [0.29, 0.717) is 11.7 Å². The second kappa shape index (κ2) is 7.82. The van der Waals surface area contributed by atoms with Crippen molar-refractivity contribution in [1.29, 1.82) is 5.26 Å². The van der Waals surface area contributed by atoms with E-state index >= 15 is 0 Å². The number of hydrogen-bond donors (Lipinski definition) is 0. The lowest BCUT2D eigenvalue weighted by Gasteiger charge is -2.42. The largest absolute Gasteiger partial charge is 0.482 e. The predicted molar refractivity (Wildman–Crippen MR) is 111 cm³/mol. The fraction of sp³-hybridized carbons (Fsp3) is 0.333. The quantitative estimate of drug-likeness (QED) is 0.685. The summed E-state index contributed by atoms with van der Waals surface area (Å²) >= 11 is 0. The fourth-order valence-corrected chi connectivity index (χ4v) is 4.54. The number of aryl methyl sites for hydroxylation is 1. The third-order valence-electron chi connectivity index (χ3n) is 5.99. The second-order valence-electron chi connectivity index (χ2n) is 7.63. The molecule has 1 saturated heterocycles. The molecular weight excluding hydrogens is 362 g/mol. The Kier molecular flexibility index (Phi) is 4.89. The number of nitrogens with zero attached hydrogens (tertiary/aromatic N) is 3. The first-order chi connectivity index (χ1) is 14.3. The number of nitriles is 1. The summed E-state index contributed by atoms with van der Waals surface area (Å²) in [5.74, 6) is 0.736. The minimum atomic E-state index is -0.0730. The van der Waals surface area contributed by atoms with Crippen LogP contribution < -0.4 is 4.74 Å². The van der Waals surface area contributed by atoms with Gasteiger partial charge in [0.15, 0.2) is 0 Å². The first-order valence-electron chi connectivity index (χ1n) is 10.2. The maximum absolute atomic E-state index is 9.28. The van der Waals surface area contributed by atoms with Gasteiger partial charge in [-0.3, -0.25) is 4.90 Å². The highest BCUT2D eigenvalue weighted by molar-refractivity contribution is 5.84. The lowest BCUT2D eigenvalue weighted by molar-refractivity contribution is -0.0212.